The first kappa shape index (κ1) is 9.60. The molecule has 1 atom stereocenters. The monoisotopic (exact) mass is 184 g/mol. The molecule has 0 fully saturated rings. The number of carbonyl (C=O) groups is 1. The van der Waals surface area contributed by atoms with Crippen LogP contribution in [0.1, 0.15) is 17.3 Å². The Kier molecular flexibility index (Phi) is 2.57. The number of aromatic nitrogens is 1. The van der Waals surface area contributed by atoms with Gasteiger partial charge in [0.2, 0.25) is 5.95 Å². The summed E-state index contributed by atoms with van der Waals surface area (Å²) >= 11 is 0. The number of carboxylic acid groups (broad SMARTS) is 1. The molecule has 5 heteroatoms. The van der Waals surface area contributed by atoms with Gasteiger partial charge in [0.15, 0.2) is 0 Å². The van der Waals surface area contributed by atoms with E-state index in [1.54, 1.807) is 0 Å². The van der Waals surface area contributed by atoms with Crippen LogP contribution in [0.3, 0.4) is 0 Å². The van der Waals surface area contributed by atoms with Gasteiger partial charge in [-0.3, -0.25) is 4.79 Å². The normalized spacial score (nSPS) is 12.5. The molecule has 0 aromatic carbocycles. The van der Waals surface area contributed by atoms with Crippen LogP contribution >= 0.6 is 0 Å². The van der Waals surface area contributed by atoms with Gasteiger partial charge in [-0.25, -0.2) is 4.98 Å². The van der Waals surface area contributed by atoms with Crippen LogP contribution in [-0.4, -0.2) is 16.1 Å². The molecule has 0 amide bonds. The first-order valence-electron chi connectivity index (χ1n) is 3.64. The van der Waals surface area contributed by atoms with Gasteiger partial charge in [-0.05, 0) is 13.0 Å². The van der Waals surface area contributed by atoms with E-state index in [2.05, 4.69) is 4.98 Å². The van der Waals surface area contributed by atoms with Gasteiger partial charge in [-0.1, -0.05) is 6.07 Å². The van der Waals surface area contributed by atoms with Crippen molar-refractivity contribution in [2.75, 3.05) is 0 Å². The predicted octanol–water partition coefficient (Wildman–Crippen LogP) is 0.614. The zero-order valence-corrected chi connectivity index (χ0v) is 6.99. The molecule has 0 aliphatic heterocycles. The fourth-order valence-corrected chi connectivity index (χ4v) is 1.00. The molecule has 0 aliphatic rings. The van der Waals surface area contributed by atoms with Crippen LogP contribution in [0.4, 0.5) is 4.39 Å². The topological polar surface area (TPSA) is 76.2 Å². The van der Waals surface area contributed by atoms with Crippen molar-refractivity contribution in [1.82, 2.24) is 4.98 Å². The summed E-state index contributed by atoms with van der Waals surface area (Å²) in [6, 6.07) is 1.27. The average molecular weight is 184 g/mol. The van der Waals surface area contributed by atoms with E-state index in [4.69, 9.17) is 10.8 Å². The van der Waals surface area contributed by atoms with Crippen LogP contribution in [0.5, 0.6) is 0 Å². The third-order valence-corrected chi connectivity index (χ3v) is 1.69. The van der Waals surface area contributed by atoms with E-state index in [1.165, 1.54) is 13.0 Å². The zero-order valence-electron chi connectivity index (χ0n) is 6.99. The number of aryl methyl sites for hydroxylation is 1. The number of aliphatic carboxylic acids is 1. The Balaban J connectivity index is 3.08. The molecule has 13 heavy (non-hydrogen) atoms. The van der Waals surface area contributed by atoms with Gasteiger partial charge in [0.1, 0.15) is 6.04 Å². The molecule has 0 spiro atoms. The Morgan fingerprint density at radius 3 is 2.77 bits per heavy atom. The highest BCUT2D eigenvalue weighted by atomic mass is 19.1. The van der Waals surface area contributed by atoms with Crippen molar-refractivity contribution in [2.24, 2.45) is 5.73 Å². The number of halogens is 1. The molecule has 0 bridgehead atoms. The lowest BCUT2D eigenvalue weighted by molar-refractivity contribution is -0.138. The second kappa shape index (κ2) is 3.49. The maximum atomic E-state index is 12.5. The van der Waals surface area contributed by atoms with E-state index in [0.717, 1.165) is 6.07 Å². The molecule has 1 heterocycles. The molecule has 0 saturated heterocycles. The van der Waals surface area contributed by atoms with Crippen molar-refractivity contribution in [3.63, 3.8) is 0 Å². The summed E-state index contributed by atoms with van der Waals surface area (Å²) in [6.07, 6.45) is 0. The molecule has 1 rings (SSSR count). The number of hydrogen-bond acceptors (Lipinski definition) is 3. The third kappa shape index (κ3) is 2.00. The zero-order chi connectivity index (χ0) is 10.0. The van der Waals surface area contributed by atoms with Gasteiger partial charge < -0.3 is 10.8 Å². The second-order valence-corrected chi connectivity index (χ2v) is 2.62. The summed E-state index contributed by atoms with van der Waals surface area (Å²) in [4.78, 5) is 14.0. The Labute approximate surface area is 74.2 Å². The minimum Gasteiger partial charge on any atom is -0.480 e. The van der Waals surface area contributed by atoms with Gasteiger partial charge >= 0.3 is 5.97 Å². The molecule has 1 unspecified atom stereocenters. The maximum Gasteiger partial charge on any atom is 0.325 e. The number of carboxylic acids is 1. The van der Waals surface area contributed by atoms with Crippen LogP contribution in [-0.2, 0) is 4.79 Å². The largest absolute Gasteiger partial charge is 0.480 e. The van der Waals surface area contributed by atoms with E-state index in [-0.39, 0.29) is 0 Å². The molecule has 3 N–H and O–H groups in total. The molecule has 70 valence electrons. The van der Waals surface area contributed by atoms with Gasteiger partial charge in [0.25, 0.3) is 0 Å². The van der Waals surface area contributed by atoms with Crippen LogP contribution in [0, 0.1) is 12.9 Å². The smallest absolute Gasteiger partial charge is 0.325 e. The SMILES string of the molecule is Cc1nc(F)ccc1C(N)C(=O)O. The van der Waals surface area contributed by atoms with Crippen molar-refractivity contribution in [3.8, 4) is 0 Å². The Hall–Kier alpha value is -1.49. The summed E-state index contributed by atoms with van der Waals surface area (Å²) < 4.78 is 12.5. The number of nitrogens with two attached hydrogens (primary N) is 1. The minimum absolute atomic E-state index is 0.301. The standard InChI is InChI=1S/C8H9FN2O2/c1-4-5(7(10)8(12)13)2-3-6(9)11-4/h2-3,7H,10H2,1H3,(H,12,13). The fourth-order valence-electron chi connectivity index (χ4n) is 1.00. The predicted molar refractivity (Wildman–Crippen MR) is 43.5 cm³/mol. The minimum atomic E-state index is -1.16. The molecular formula is C8H9FN2O2. The molecule has 1 aromatic heterocycles. The number of hydrogen-bond donors (Lipinski definition) is 2. The summed E-state index contributed by atoms with van der Waals surface area (Å²) in [5.74, 6) is -1.80. The highest BCUT2D eigenvalue weighted by Crippen LogP contribution is 2.13. The fraction of sp³-hybridized carbons (Fsp3) is 0.250. The first-order valence-corrected chi connectivity index (χ1v) is 3.64. The molecular weight excluding hydrogens is 175 g/mol. The van der Waals surface area contributed by atoms with E-state index >= 15 is 0 Å². The Morgan fingerprint density at radius 2 is 2.31 bits per heavy atom. The number of pyridine rings is 1. The third-order valence-electron chi connectivity index (χ3n) is 1.69. The highest BCUT2D eigenvalue weighted by molar-refractivity contribution is 5.75. The molecule has 0 aliphatic carbocycles. The summed E-state index contributed by atoms with van der Waals surface area (Å²) in [6.45, 7) is 1.52. The van der Waals surface area contributed by atoms with Crippen molar-refractivity contribution in [2.45, 2.75) is 13.0 Å². The summed E-state index contributed by atoms with van der Waals surface area (Å²) in [5, 5.41) is 8.58. The summed E-state index contributed by atoms with van der Waals surface area (Å²) in [5.41, 5.74) is 5.96. The van der Waals surface area contributed by atoms with Crippen molar-refractivity contribution >= 4 is 5.97 Å². The van der Waals surface area contributed by atoms with E-state index < -0.39 is 18.0 Å². The van der Waals surface area contributed by atoms with Crippen molar-refractivity contribution < 1.29 is 14.3 Å². The van der Waals surface area contributed by atoms with E-state index in [1.807, 2.05) is 0 Å². The van der Waals surface area contributed by atoms with Gasteiger partial charge in [-0.2, -0.15) is 4.39 Å². The summed E-state index contributed by atoms with van der Waals surface area (Å²) in [7, 11) is 0. The lowest BCUT2D eigenvalue weighted by Crippen LogP contribution is -2.22. The second-order valence-electron chi connectivity index (χ2n) is 2.62. The molecule has 0 saturated carbocycles. The molecule has 0 radical (unpaired) electrons. The Bertz CT molecular complexity index is 341. The number of rotatable bonds is 2. The average Bonchev–Trinajstić information content (AvgIpc) is 2.03. The lowest BCUT2D eigenvalue weighted by atomic mass is 10.1. The van der Waals surface area contributed by atoms with E-state index in [0.29, 0.717) is 11.3 Å². The van der Waals surface area contributed by atoms with Crippen LogP contribution < -0.4 is 5.73 Å². The first-order chi connectivity index (χ1) is 6.02. The molecule has 4 nitrogen and oxygen atoms in total. The van der Waals surface area contributed by atoms with E-state index in [9.17, 15) is 9.18 Å². The van der Waals surface area contributed by atoms with Crippen LogP contribution in [0.2, 0.25) is 0 Å². The van der Waals surface area contributed by atoms with Gasteiger partial charge in [0.05, 0.1) is 0 Å². The highest BCUT2D eigenvalue weighted by Gasteiger charge is 2.17. The lowest BCUT2D eigenvalue weighted by Gasteiger charge is -2.08. The molecule has 1 aromatic rings. The van der Waals surface area contributed by atoms with Gasteiger partial charge in [-0.15, -0.1) is 0 Å². The van der Waals surface area contributed by atoms with Crippen molar-refractivity contribution in [1.29, 1.82) is 0 Å². The van der Waals surface area contributed by atoms with Crippen LogP contribution in [0.25, 0.3) is 0 Å². The van der Waals surface area contributed by atoms with Gasteiger partial charge in [0, 0.05) is 11.3 Å². The Morgan fingerprint density at radius 1 is 1.69 bits per heavy atom. The van der Waals surface area contributed by atoms with Crippen LogP contribution in [0.15, 0.2) is 12.1 Å². The maximum absolute atomic E-state index is 12.5. The van der Waals surface area contributed by atoms with Crippen molar-refractivity contribution in [3.05, 3.63) is 29.3 Å². The quantitative estimate of drug-likeness (QED) is 0.660. The number of nitrogens with zero attached hydrogens (tertiary/aromatic N) is 1.